The maximum absolute atomic E-state index is 12.6. The normalized spacial score (nSPS) is 26.2. The first-order chi connectivity index (χ1) is 8.41. The number of halogens is 1. The lowest BCUT2D eigenvalue weighted by Gasteiger charge is -2.35. The average Bonchev–Trinajstić information content (AvgIpc) is 2.32. The molecule has 2 atom stereocenters. The molecule has 2 unspecified atom stereocenters. The van der Waals surface area contributed by atoms with Crippen molar-refractivity contribution in [3.8, 4) is 0 Å². The molecule has 18 heavy (non-hydrogen) atoms. The minimum Gasteiger partial charge on any atom is -0.207 e. The minimum atomic E-state index is -3.35. The molecule has 0 aliphatic carbocycles. The molecule has 2 rings (SSSR count). The van der Waals surface area contributed by atoms with Crippen molar-refractivity contribution >= 4 is 26.0 Å². The summed E-state index contributed by atoms with van der Waals surface area (Å²) in [6.07, 6.45) is 2.05. The van der Waals surface area contributed by atoms with E-state index in [4.69, 9.17) is 0 Å². The summed E-state index contributed by atoms with van der Waals surface area (Å²) in [4.78, 5) is 0.381. The van der Waals surface area contributed by atoms with E-state index in [1.54, 1.807) is 28.6 Å². The predicted molar refractivity (Wildman–Crippen MR) is 75.9 cm³/mol. The third-order valence-corrected chi connectivity index (χ3v) is 6.00. The van der Waals surface area contributed by atoms with Gasteiger partial charge in [0.2, 0.25) is 10.0 Å². The molecule has 1 fully saturated rings. The second-order valence-electron chi connectivity index (χ2n) is 5.06. The zero-order valence-corrected chi connectivity index (χ0v) is 13.0. The Bertz CT molecular complexity index is 512. The van der Waals surface area contributed by atoms with Gasteiger partial charge in [-0.3, -0.25) is 0 Å². The van der Waals surface area contributed by atoms with Gasteiger partial charge in [0.05, 0.1) is 4.90 Å². The van der Waals surface area contributed by atoms with Crippen LogP contribution < -0.4 is 0 Å². The smallest absolute Gasteiger partial charge is 0.207 e. The van der Waals surface area contributed by atoms with Gasteiger partial charge in [-0.1, -0.05) is 22.9 Å². The maximum Gasteiger partial charge on any atom is 0.243 e. The second kappa shape index (κ2) is 5.31. The molecule has 1 aromatic rings. The lowest BCUT2D eigenvalue weighted by atomic mass is 9.97. The van der Waals surface area contributed by atoms with Crippen LogP contribution in [0.5, 0.6) is 0 Å². The first kappa shape index (κ1) is 14.0. The fourth-order valence-corrected chi connectivity index (χ4v) is 4.37. The third kappa shape index (κ3) is 2.78. The van der Waals surface area contributed by atoms with Gasteiger partial charge in [0.25, 0.3) is 0 Å². The summed E-state index contributed by atoms with van der Waals surface area (Å²) >= 11 is 3.32. The Hall–Kier alpha value is -0.390. The van der Waals surface area contributed by atoms with Crippen LogP contribution in [0, 0.1) is 5.92 Å². The minimum absolute atomic E-state index is 0.0925. The number of hydrogen-bond acceptors (Lipinski definition) is 2. The lowest BCUT2D eigenvalue weighted by Crippen LogP contribution is -2.44. The predicted octanol–water partition coefficient (Wildman–Crippen LogP) is 3.26. The Morgan fingerprint density at radius 2 is 1.78 bits per heavy atom. The molecule has 0 aromatic heterocycles. The maximum atomic E-state index is 12.6. The highest BCUT2D eigenvalue weighted by Crippen LogP contribution is 2.28. The first-order valence-electron chi connectivity index (χ1n) is 6.18. The van der Waals surface area contributed by atoms with Gasteiger partial charge in [0.1, 0.15) is 0 Å². The molecular formula is C13H18BrNO2S. The number of rotatable bonds is 2. The van der Waals surface area contributed by atoms with Crippen LogP contribution in [0.15, 0.2) is 33.6 Å². The van der Waals surface area contributed by atoms with Crippen molar-refractivity contribution < 1.29 is 8.42 Å². The summed E-state index contributed by atoms with van der Waals surface area (Å²) in [6.45, 7) is 4.72. The molecule has 0 spiro atoms. The van der Waals surface area contributed by atoms with Gasteiger partial charge in [0.15, 0.2) is 0 Å². The molecule has 1 aromatic carbocycles. The summed E-state index contributed by atoms with van der Waals surface area (Å²) in [6, 6.07) is 6.95. The summed E-state index contributed by atoms with van der Waals surface area (Å²) in [7, 11) is -3.35. The van der Waals surface area contributed by atoms with Crippen molar-refractivity contribution in [2.75, 3.05) is 6.54 Å². The molecule has 0 amide bonds. The molecule has 1 saturated heterocycles. The molecule has 3 nitrogen and oxygen atoms in total. The van der Waals surface area contributed by atoms with Crippen molar-refractivity contribution in [3.63, 3.8) is 0 Å². The fraction of sp³-hybridized carbons (Fsp3) is 0.538. The molecule has 0 radical (unpaired) electrons. The molecule has 5 heteroatoms. The summed E-state index contributed by atoms with van der Waals surface area (Å²) < 4.78 is 27.7. The third-order valence-electron chi connectivity index (χ3n) is 3.48. The Labute approximate surface area is 117 Å². The molecule has 0 saturated carbocycles. The van der Waals surface area contributed by atoms with Crippen LogP contribution >= 0.6 is 15.9 Å². The van der Waals surface area contributed by atoms with E-state index in [-0.39, 0.29) is 6.04 Å². The SMILES string of the molecule is CC1CCC(C)N(S(=O)(=O)c2ccc(Br)cc2)C1. The van der Waals surface area contributed by atoms with Gasteiger partial charge >= 0.3 is 0 Å². The highest BCUT2D eigenvalue weighted by molar-refractivity contribution is 9.10. The van der Waals surface area contributed by atoms with E-state index in [2.05, 4.69) is 22.9 Å². The summed E-state index contributed by atoms with van der Waals surface area (Å²) in [5.41, 5.74) is 0. The standard InChI is InChI=1S/C13H18BrNO2S/c1-10-3-4-11(2)15(9-10)18(16,17)13-7-5-12(14)6-8-13/h5-8,10-11H,3-4,9H2,1-2H3. The van der Waals surface area contributed by atoms with Gasteiger partial charge < -0.3 is 0 Å². The van der Waals surface area contributed by atoms with E-state index in [0.717, 1.165) is 17.3 Å². The van der Waals surface area contributed by atoms with Crippen LogP contribution in [0.4, 0.5) is 0 Å². The molecular weight excluding hydrogens is 314 g/mol. The number of piperidine rings is 1. The van der Waals surface area contributed by atoms with Crippen LogP contribution in [0.3, 0.4) is 0 Å². The number of nitrogens with zero attached hydrogens (tertiary/aromatic N) is 1. The van der Waals surface area contributed by atoms with Crippen LogP contribution in [0.2, 0.25) is 0 Å². The Morgan fingerprint density at radius 1 is 1.17 bits per heavy atom. The van der Waals surface area contributed by atoms with E-state index in [1.165, 1.54) is 0 Å². The van der Waals surface area contributed by atoms with Crippen molar-refractivity contribution in [1.82, 2.24) is 4.31 Å². The van der Waals surface area contributed by atoms with Crippen molar-refractivity contribution in [3.05, 3.63) is 28.7 Å². The van der Waals surface area contributed by atoms with Gasteiger partial charge in [-0.15, -0.1) is 0 Å². The Balaban J connectivity index is 2.32. The molecule has 1 aliphatic heterocycles. The van der Waals surface area contributed by atoms with Crippen LogP contribution in [0.1, 0.15) is 26.7 Å². The van der Waals surface area contributed by atoms with Gasteiger partial charge in [-0.05, 0) is 49.9 Å². The first-order valence-corrected chi connectivity index (χ1v) is 8.42. The van der Waals surface area contributed by atoms with Crippen LogP contribution in [-0.2, 0) is 10.0 Å². The Kier molecular flexibility index (Phi) is 4.14. The zero-order valence-electron chi connectivity index (χ0n) is 10.6. The van der Waals surface area contributed by atoms with Gasteiger partial charge in [-0.25, -0.2) is 8.42 Å². The van der Waals surface area contributed by atoms with Crippen molar-refractivity contribution in [2.24, 2.45) is 5.92 Å². The fourth-order valence-electron chi connectivity index (χ4n) is 2.33. The van der Waals surface area contributed by atoms with Crippen LogP contribution in [-0.4, -0.2) is 25.3 Å². The van der Waals surface area contributed by atoms with Crippen LogP contribution in [0.25, 0.3) is 0 Å². The highest BCUT2D eigenvalue weighted by atomic mass is 79.9. The van der Waals surface area contributed by atoms with Gasteiger partial charge in [-0.2, -0.15) is 4.31 Å². The van der Waals surface area contributed by atoms with E-state index >= 15 is 0 Å². The number of hydrogen-bond donors (Lipinski definition) is 0. The average molecular weight is 332 g/mol. The highest BCUT2D eigenvalue weighted by Gasteiger charge is 2.33. The van der Waals surface area contributed by atoms with Crippen molar-refractivity contribution in [1.29, 1.82) is 0 Å². The molecule has 0 N–H and O–H groups in total. The molecule has 0 bridgehead atoms. The van der Waals surface area contributed by atoms with E-state index < -0.39 is 10.0 Å². The molecule has 1 aliphatic rings. The molecule has 100 valence electrons. The number of benzene rings is 1. The quantitative estimate of drug-likeness (QED) is 0.834. The van der Waals surface area contributed by atoms with Gasteiger partial charge in [0, 0.05) is 17.1 Å². The number of sulfonamides is 1. The Morgan fingerprint density at radius 3 is 2.39 bits per heavy atom. The monoisotopic (exact) mass is 331 g/mol. The van der Waals surface area contributed by atoms with E-state index in [9.17, 15) is 8.42 Å². The second-order valence-corrected chi connectivity index (χ2v) is 7.87. The topological polar surface area (TPSA) is 37.4 Å². The van der Waals surface area contributed by atoms with Crippen molar-refractivity contribution in [2.45, 2.75) is 37.6 Å². The lowest BCUT2D eigenvalue weighted by molar-refractivity contribution is 0.218. The van der Waals surface area contributed by atoms with E-state index in [1.807, 2.05) is 6.92 Å². The van der Waals surface area contributed by atoms with E-state index in [0.29, 0.717) is 17.4 Å². The molecule has 1 heterocycles. The summed E-state index contributed by atoms with van der Waals surface area (Å²) in [5, 5.41) is 0. The zero-order chi connectivity index (χ0) is 13.3. The summed E-state index contributed by atoms with van der Waals surface area (Å²) in [5.74, 6) is 0.437. The largest absolute Gasteiger partial charge is 0.243 e.